The zero-order valence-corrected chi connectivity index (χ0v) is 13.5. The summed E-state index contributed by atoms with van der Waals surface area (Å²) in [6.45, 7) is 1.30. The van der Waals surface area contributed by atoms with E-state index in [9.17, 15) is 19.5 Å². The maximum atomic E-state index is 12.3. The van der Waals surface area contributed by atoms with E-state index in [2.05, 4.69) is 10.3 Å². The normalized spacial score (nSPS) is 13.4. The summed E-state index contributed by atoms with van der Waals surface area (Å²) in [4.78, 5) is 39.8. The van der Waals surface area contributed by atoms with Crippen molar-refractivity contribution in [1.82, 2.24) is 14.9 Å². The number of rotatable bonds is 7. The van der Waals surface area contributed by atoms with Crippen molar-refractivity contribution >= 4 is 22.8 Å². The second kappa shape index (κ2) is 7.22. The predicted octanol–water partition coefficient (Wildman–Crippen LogP) is 0.393. The molecule has 8 heteroatoms. The second-order valence-corrected chi connectivity index (χ2v) is 5.63. The number of carbonyl (C=O) groups excluding carboxylic acids is 1. The summed E-state index contributed by atoms with van der Waals surface area (Å²) in [5, 5.41) is 12.1. The fourth-order valence-corrected chi connectivity index (χ4v) is 2.30. The molecule has 8 nitrogen and oxygen atoms in total. The van der Waals surface area contributed by atoms with Crippen molar-refractivity contribution in [3.63, 3.8) is 0 Å². The standard InChI is InChI=1S/C16H19N3O5/c1-16(9-24-2,15(22)23)18-13(20)7-8-19-10-17-12-6-4-3-5-11(12)14(19)21/h3-6,10H,7-9H2,1-2H3,(H,18,20)(H,22,23). The summed E-state index contributed by atoms with van der Waals surface area (Å²) in [6.07, 6.45) is 1.33. The lowest BCUT2D eigenvalue weighted by Crippen LogP contribution is -2.55. The van der Waals surface area contributed by atoms with Crippen LogP contribution in [0.3, 0.4) is 0 Å². The summed E-state index contributed by atoms with van der Waals surface area (Å²) in [6, 6.07) is 6.93. The molecule has 0 aliphatic rings. The number of benzene rings is 1. The van der Waals surface area contributed by atoms with Gasteiger partial charge in [0.25, 0.3) is 5.56 Å². The molecular weight excluding hydrogens is 314 g/mol. The maximum absolute atomic E-state index is 12.3. The van der Waals surface area contributed by atoms with Gasteiger partial charge in [-0.15, -0.1) is 0 Å². The number of carboxylic acids is 1. The van der Waals surface area contributed by atoms with Crippen molar-refractivity contribution in [3.8, 4) is 0 Å². The van der Waals surface area contributed by atoms with Crippen molar-refractivity contribution in [3.05, 3.63) is 40.9 Å². The quantitative estimate of drug-likeness (QED) is 0.758. The number of para-hydroxylation sites is 1. The van der Waals surface area contributed by atoms with Gasteiger partial charge in [-0.2, -0.15) is 0 Å². The number of ether oxygens (including phenoxy) is 1. The molecule has 24 heavy (non-hydrogen) atoms. The highest BCUT2D eigenvalue weighted by Gasteiger charge is 2.34. The Morgan fingerprint density at radius 3 is 2.75 bits per heavy atom. The molecule has 1 aromatic heterocycles. The van der Waals surface area contributed by atoms with E-state index >= 15 is 0 Å². The van der Waals surface area contributed by atoms with Gasteiger partial charge in [-0.3, -0.25) is 14.2 Å². The minimum Gasteiger partial charge on any atom is -0.479 e. The monoisotopic (exact) mass is 333 g/mol. The molecule has 1 atom stereocenters. The van der Waals surface area contributed by atoms with Gasteiger partial charge in [0.1, 0.15) is 0 Å². The average Bonchev–Trinajstić information content (AvgIpc) is 2.54. The van der Waals surface area contributed by atoms with E-state index in [-0.39, 0.29) is 25.1 Å². The summed E-state index contributed by atoms with van der Waals surface area (Å²) in [7, 11) is 1.35. The largest absolute Gasteiger partial charge is 0.479 e. The molecule has 0 aliphatic carbocycles. The Hall–Kier alpha value is -2.74. The summed E-state index contributed by atoms with van der Waals surface area (Å²) >= 11 is 0. The number of carboxylic acid groups (broad SMARTS) is 1. The molecule has 2 rings (SSSR count). The van der Waals surface area contributed by atoms with Crippen LogP contribution in [0.5, 0.6) is 0 Å². The van der Waals surface area contributed by atoms with E-state index in [1.807, 2.05) is 0 Å². The van der Waals surface area contributed by atoms with Crippen molar-refractivity contribution in [2.75, 3.05) is 13.7 Å². The lowest BCUT2D eigenvalue weighted by atomic mass is 10.0. The minimum absolute atomic E-state index is 0.0491. The van der Waals surface area contributed by atoms with E-state index in [0.717, 1.165) is 0 Å². The number of carbonyl (C=O) groups is 2. The first kappa shape index (κ1) is 17.6. The van der Waals surface area contributed by atoms with Gasteiger partial charge in [0, 0.05) is 20.1 Å². The number of hydrogen-bond donors (Lipinski definition) is 2. The molecule has 2 aromatic rings. The number of aliphatic carboxylic acids is 1. The summed E-state index contributed by atoms with van der Waals surface area (Å²) in [5.41, 5.74) is -1.17. The van der Waals surface area contributed by atoms with Gasteiger partial charge in [-0.1, -0.05) is 12.1 Å². The first-order chi connectivity index (χ1) is 11.4. The number of fused-ring (bicyclic) bond motifs is 1. The lowest BCUT2D eigenvalue weighted by molar-refractivity contribution is -0.149. The Labute approximate surface area is 138 Å². The molecule has 0 bridgehead atoms. The van der Waals surface area contributed by atoms with Gasteiger partial charge < -0.3 is 15.2 Å². The van der Waals surface area contributed by atoms with Crippen molar-refractivity contribution in [2.24, 2.45) is 0 Å². The summed E-state index contributed by atoms with van der Waals surface area (Å²) in [5.74, 6) is -1.68. The van der Waals surface area contributed by atoms with Gasteiger partial charge in [0.15, 0.2) is 5.54 Å². The van der Waals surface area contributed by atoms with E-state index < -0.39 is 17.4 Å². The van der Waals surface area contributed by atoms with Crippen molar-refractivity contribution < 1.29 is 19.4 Å². The van der Waals surface area contributed by atoms with Crippen LogP contribution in [0, 0.1) is 0 Å². The molecule has 0 saturated heterocycles. The molecular formula is C16H19N3O5. The van der Waals surface area contributed by atoms with E-state index in [1.165, 1.54) is 24.9 Å². The van der Waals surface area contributed by atoms with E-state index in [4.69, 9.17) is 4.74 Å². The molecule has 1 unspecified atom stereocenters. The third-order valence-electron chi connectivity index (χ3n) is 3.63. The Morgan fingerprint density at radius 1 is 1.38 bits per heavy atom. The average molecular weight is 333 g/mol. The smallest absolute Gasteiger partial charge is 0.331 e. The number of amides is 1. The minimum atomic E-state index is -1.52. The Morgan fingerprint density at radius 2 is 2.08 bits per heavy atom. The fraction of sp³-hybridized carbons (Fsp3) is 0.375. The molecule has 0 saturated carbocycles. The van der Waals surface area contributed by atoms with Gasteiger partial charge in [-0.05, 0) is 19.1 Å². The number of hydrogen-bond acceptors (Lipinski definition) is 5. The molecule has 0 radical (unpaired) electrons. The van der Waals surface area contributed by atoms with Crippen LogP contribution >= 0.6 is 0 Å². The number of aromatic nitrogens is 2. The van der Waals surface area contributed by atoms with Gasteiger partial charge >= 0.3 is 5.97 Å². The molecule has 0 fully saturated rings. The molecule has 1 amide bonds. The molecule has 1 heterocycles. The Bertz CT molecular complexity index is 817. The number of aryl methyl sites for hydroxylation is 1. The number of methoxy groups -OCH3 is 1. The fourth-order valence-electron chi connectivity index (χ4n) is 2.30. The van der Waals surface area contributed by atoms with Crippen LogP contribution in [0.1, 0.15) is 13.3 Å². The molecule has 0 spiro atoms. The van der Waals surface area contributed by atoms with Crippen LogP contribution in [0.2, 0.25) is 0 Å². The first-order valence-corrected chi connectivity index (χ1v) is 7.35. The SMILES string of the molecule is COCC(C)(NC(=O)CCn1cnc2ccccc2c1=O)C(=O)O. The Balaban J connectivity index is 2.08. The van der Waals surface area contributed by atoms with Crippen LogP contribution in [0.4, 0.5) is 0 Å². The topological polar surface area (TPSA) is 111 Å². The Kier molecular flexibility index (Phi) is 5.30. The van der Waals surface area contributed by atoms with Crippen molar-refractivity contribution in [1.29, 1.82) is 0 Å². The van der Waals surface area contributed by atoms with Crippen LogP contribution in [-0.2, 0) is 20.9 Å². The van der Waals surface area contributed by atoms with Crippen LogP contribution < -0.4 is 10.9 Å². The van der Waals surface area contributed by atoms with Gasteiger partial charge in [0.2, 0.25) is 5.91 Å². The molecule has 128 valence electrons. The third-order valence-corrected chi connectivity index (χ3v) is 3.63. The van der Waals surface area contributed by atoms with Gasteiger partial charge in [0.05, 0.1) is 23.8 Å². The van der Waals surface area contributed by atoms with Gasteiger partial charge in [-0.25, -0.2) is 9.78 Å². The van der Waals surface area contributed by atoms with E-state index in [0.29, 0.717) is 10.9 Å². The predicted molar refractivity (Wildman–Crippen MR) is 86.7 cm³/mol. The highest BCUT2D eigenvalue weighted by molar-refractivity contribution is 5.86. The van der Waals surface area contributed by atoms with Crippen LogP contribution in [0.25, 0.3) is 10.9 Å². The lowest BCUT2D eigenvalue weighted by Gasteiger charge is -2.25. The second-order valence-electron chi connectivity index (χ2n) is 5.63. The molecule has 0 aliphatic heterocycles. The highest BCUT2D eigenvalue weighted by atomic mass is 16.5. The third kappa shape index (κ3) is 3.77. The zero-order chi connectivity index (χ0) is 17.7. The number of nitrogens with one attached hydrogen (secondary N) is 1. The highest BCUT2D eigenvalue weighted by Crippen LogP contribution is 2.07. The number of nitrogens with zero attached hydrogens (tertiary/aromatic N) is 2. The van der Waals surface area contributed by atoms with Crippen LogP contribution in [-0.4, -0.2) is 45.8 Å². The molecule has 1 aromatic carbocycles. The zero-order valence-electron chi connectivity index (χ0n) is 13.5. The summed E-state index contributed by atoms with van der Waals surface area (Å²) < 4.78 is 6.17. The molecule has 2 N–H and O–H groups in total. The van der Waals surface area contributed by atoms with Crippen LogP contribution in [0.15, 0.2) is 35.4 Å². The first-order valence-electron chi connectivity index (χ1n) is 7.35. The van der Waals surface area contributed by atoms with E-state index in [1.54, 1.807) is 24.3 Å². The van der Waals surface area contributed by atoms with Crippen molar-refractivity contribution in [2.45, 2.75) is 25.4 Å². The maximum Gasteiger partial charge on any atom is 0.331 e.